The second kappa shape index (κ2) is 5.83. The molecule has 3 heteroatoms. The fourth-order valence-corrected chi connectivity index (χ4v) is 2.46. The first-order chi connectivity index (χ1) is 8.92. The van der Waals surface area contributed by atoms with Crippen LogP contribution in [0.25, 0.3) is 0 Å². The molecule has 98 valence electrons. The Morgan fingerprint density at radius 2 is 2.00 bits per heavy atom. The Balaban J connectivity index is 1.40. The lowest BCUT2D eigenvalue weighted by atomic mass is 10.2. The van der Waals surface area contributed by atoms with Crippen molar-refractivity contribution in [2.24, 2.45) is 5.92 Å². The third-order valence-electron chi connectivity index (χ3n) is 3.65. The van der Waals surface area contributed by atoms with Crippen LogP contribution in [0.2, 0.25) is 0 Å². The minimum absolute atomic E-state index is 0.216. The molecule has 1 aromatic carbocycles. The minimum atomic E-state index is 0.216. The van der Waals surface area contributed by atoms with E-state index >= 15 is 0 Å². The minimum Gasteiger partial charge on any atom is -0.374 e. The van der Waals surface area contributed by atoms with Crippen molar-refractivity contribution in [2.75, 3.05) is 19.7 Å². The van der Waals surface area contributed by atoms with E-state index in [2.05, 4.69) is 17.4 Å². The van der Waals surface area contributed by atoms with Crippen molar-refractivity contribution < 1.29 is 9.47 Å². The SMILES string of the molecule is c1ccc(COCC2CNCC(C3CC3)O2)cc1. The van der Waals surface area contributed by atoms with E-state index in [1.165, 1.54) is 18.4 Å². The van der Waals surface area contributed by atoms with E-state index < -0.39 is 0 Å². The molecule has 3 nitrogen and oxygen atoms in total. The summed E-state index contributed by atoms with van der Waals surface area (Å²) in [5.41, 5.74) is 1.22. The van der Waals surface area contributed by atoms with Gasteiger partial charge in [0, 0.05) is 13.1 Å². The first kappa shape index (κ1) is 12.2. The Morgan fingerprint density at radius 3 is 2.78 bits per heavy atom. The molecule has 2 unspecified atom stereocenters. The highest BCUT2D eigenvalue weighted by atomic mass is 16.5. The van der Waals surface area contributed by atoms with Gasteiger partial charge in [0.1, 0.15) is 0 Å². The Hall–Kier alpha value is -0.900. The van der Waals surface area contributed by atoms with E-state index in [1.54, 1.807) is 0 Å². The van der Waals surface area contributed by atoms with Crippen LogP contribution in [0.3, 0.4) is 0 Å². The number of hydrogen-bond donors (Lipinski definition) is 1. The molecule has 1 aliphatic carbocycles. The summed E-state index contributed by atoms with van der Waals surface area (Å²) < 4.78 is 11.8. The van der Waals surface area contributed by atoms with Gasteiger partial charge in [0.25, 0.3) is 0 Å². The molecule has 0 aromatic heterocycles. The van der Waals surface area contributed by atoms with Gasteiger partial charge >= 0.3 is 0 Å². The molecule has 1 aliphatic heterocycles. The Bertz CT molecular complexity index is 364. The van der Waals surface area contributed by atoms with Crippen molar-refractivity contribution >= 4 is 0 Å². The summed E-state index contributed by atoms with van der Waals surface area (Å²) in [7, 11) is 0. The summed E-state index contributed by atoms with van der Waals surface area (Å²) in [5, 5.41) is 3.45. The average molecular weight is 247 g/mol. The average Bonchev–Trinajstić information content (AvgIpc) is 3.25. The van der Waals surface area contributed by atoms with Gasteiger partial charge in [-0.15, -0.1) is 0 Å². The summed E-state index contributed by atoms with van der Waals surface area (Å²) in [5.74, 6) is 0.800. The van der Waals surface area contributed by atoms with E-state index in [0.717, 1.165) is 19.0 Å². The molecule has 0 amide bonds. The molecule has 1 N–H and O–H groups in total. The Labute approximate surface area is 108 Å². The lowest BCUT2D eigenvalue weighted by molar-refractivity contribution is -0.0857. The van der Waals surface area contributed by atoms with Gasteiger partial charge < -0.3 is 14.8 Å². The van der Waals surface area contributed by atoms with E-state index in [-0.39, 0.29) is 6.10 Å². The molecule has 0 radical (unpaired) electrons. The predicted molar refractivity (Wildman–Crippen MR) is 70.4 cm³/mol. The fraction of sp³-hybridized carbons (Fsp3) is 0.600. The number of rotatable bonds is 5. The van der Waals surface area contributed by atoms with Gasteiger partial charge in [-0.1, -0.05) is 30.3 Å². The molecule has 2 aliphatic rings. The van der Waals surface area contributed by atoms with Crippen LogP contribution in [-0.4, -0.2) is 31.9 Å². The normalized spacial score (nSPS) is 28.2. The predicted octanol–water partition coefficient (Wildman–Crippen LogP) is 1.97. The van der Waals surface area contributed by atoms with Gasteiger partial charge in [-0.05, 0) is 24.3 Å². The maximum Gasteiger partial charge on any atom is 0.0937 e. The number of morpholine rings is 1. The topological polar surface area (TPSA) is 30.5 Å². The van der Waals surface area contributed by atoms with Gasteiger partial charge in [-0.2, -0.15) is 0 Å². The van der Waals surface area contributed by atoms with Crippen molar-refractivity contribution in [1.82, 2.24) is 5.32 Å². The van der Waals surface area contributed by atoms with Gasteiger partial charge in [0.05, 0.1) is 25.4 Å². The molecule has 2 atom stereocenters. The summed E-state index contributed by atoms with van der Waals surface area (Å²) >= 11 is 0. The molecule has 0 spiro atoms. The molecule has 18 heavy (non-hydrogen) atoms. The van der Waals surface area contributed by atoms with E-state index in [9.17, 15) is 0 Å². The maximum atomic E-state index is 6.06. The first-order valence-electron chi connectivity index (χ1n) is 6.89. The van der Waals surface area contributed by atoms with Crippen LogP contribution in [0.4, 0.5) is 0 Å². The summed E-state index contributed by atoms with van der Waals surface area (Å²) in [6, 6.07) is 10.3. The molecule has 3 rings (SSSR count). The summed E-state index contributed by atoms with van der Waals surface area (Å²) in [6.07, 6.45) is 3.31. The second-order valence-electron chi connectivity index (χ2n) is 5.29. The van der Waals surface area contributed by atoms with Crippen LogP contribution in [0.15, 0.2) is 30.3 Å². The monoisotopic (exact) mass is 247 g/mol. The summed E-state index contributed by atoms with van der Waals surface area (Å²) in [6.45, 7) is 3.29. The van der Waals surface area contributed by atoms with Crippen LogP contribution < -0.4 is 5.32 Å². The highest BCUT2D eigenvalue weighted by Gasteiger charge is 2.35. The van der Waals surface area contributed by atoms with E-state index in [0.29, 0.717) is 19.3 Å². The molecular weight excluding hydrogens is 226 g/mol. The fourth-order valence-electron chi connectivity index (χ4n) is 2.46. The highest BCUT2D eigenvalue weighted by Crippen LogP contribution is 2.35. The lowest BCUT2D eigenvalue weighted by Crippen LogP contribution is -2.47. The van der Waals surface area contributed by atoms with E-state index in [1.807, 2.05) is 18.2 Å². The third-order valence-corrected chi connectivity index (χ3v) is 3.65. The third kappa shape index (κ3) is 3.31. The van der Waals surface area contributed by atoms with Crippen LogP contribution in [0, 0.1) is 5.92 Å². The molecule has 1 aromatic rings. The Kier molecular flexibility index (Phi) is 3.93. The van der Waals surface area contributed by atoms with Crippen molar-refractivity contribution in [3.8, 4) is 0 Å². The zero-order valence-corrected chi connectivity index (χ0v) is 10.7. The van der Waals surface area contributed by atoms with Gasteiger partial charge in [-0.3, -0.25) is 0 Å². The molecule has 1 saturated carbocycles. The van der Waals surface area contributed by atoms with Gasteiger partial charge in [-0.25, -0.2) is 0 Å². The Morgan fingerprint density at radius 1 is 1.17 bits per heavy atom. The molecule has 2 fully saturated rings. The number of benzene rings is 1. The summed E-state index contributed by atoms with van der Waals surface area (Å²) in [4.78, 5) is 0. The van der Waals surface area contributed by atoms with E-state index in [4.69, 9.17) is 9.47 Å². The van der Waals surface area contributed by atoms with Crippen LogP contribution >= 0.6 is 0 Å². The lowest BCUT2D eigenvalue weighted by Gasteiger charge is -2.30. The van der Waals surface area contributed by atoms with Crippen molar-refractivity contribution in [1.29, 1.82) is 0 Å². The zero-order chi connectivity index (χ0) is 12.2. The van der Waals surface area contributed by atoms with Gasteiger partial charge in [0.2, 0.25) is 0 Å². The van der Waals surface area contributed by atoms with Crippen LogP contribution in [-0.2, 0) is 16.1 Å². The van der Waals surface area contributed by atoms with Crippen molar-refractivity contribution in [2.45, 2.75) is 31.7 Å². The first-order valence-corrected chi connectivity index (χ1v) is 6.89. The quantitative estimate of drug-likeness (QED) is 0.863. The van der Waals surface area contributed by atoms with Crippen LogP contribution in [0.1, 0.15) is 18.4 Å². The second-order valence-corrected chi connectivity index (χ2v) is 5.29. The number of nitrogens with one attached hydrogen (secondary N) is 1. The zero-order valence-electron chi connectivity index (χ0n) is 10.7. The molecule has 1 heterocycles. The number of ether oxygens (including phenoxy) is 2. The van der Waals surface area contributed by atoms with Crippen molar-refractivity contribution in [3.05, 3.63) is 35.9 Å². The molecule has 1 saturated heterocycles. The molecule has 0 bridgehead atoms. The standard InChI is InChI=1S/C15H21NO2/c1-2-4-12(5-3-1)10-17-11-14-8-16-9-15(18-14)13-6-7-13/h1-5,13-16H,6-11H2. The molecular formula is C15H21NO2. The van der Waals surface area contributed by atoms with Crippen molar-refractivity contribution in [3.63, 3.8) is 0 Å². The maximum absolute atomic E-state index is 6.06. The smallest absolute Gasteiger partial charge is 0.0937 e. The largest absolute Gasteiger partial charge is 0.374 e. The highest BCUT2D eigenvalue weighted by molar-refractivity contribution is 5.13. The van der Waals surface area contributed by atoms with Crippen LogP contribution in [0.5, 0.6) is 0 Å². The van der Waals surface area contributed by atoms with Gasteiger partial charge in [0.15, 0.2) is 0 Å². The number of hydrogen-bond acceptors (Lipinski definition) is 3.